The van der Waals surface area contributed by atoms with Gasteiger partial charge in [-0.25, -0.2) is 4.39 Å². The number of halogens is 1. The van der Waals surface area contributed by atoms with E-state index in [9.17, 15) is 9.18 Å². The molecule has 2 heterocycles. The van der Waals surface area contributed by atoms with E-state index in [1.807, 2.05) is 35.7 Å². The number of rotatable bonds is 5. The van der Waals surface area contributed by atoms with E-state index in [2.05, 4.69) is 0 Å². The van der Waals surface area contributed by atoms with Gasteiger partial charge in [0.25, 0.3) is 0 Å². The van der Waals surface area contributed by atoms with E-state index in [1.165, 1.54) is 12.1 Å². The first kappa shape index (κ1) is 17.5. The molecule has 1 aliphatic rings. The van der Waals surface area contributed by atoms with Crippen LogP contribution in [0, 0.1) is 5.82 Å². The molecule has 3 aromatic rings. The van der Waals surface area contributed by atoms with Crippen LogP contribution in [0.25, 0.3) is 0 Å². The molecule has 0 saturated carbocycles. The van der Waals surface area contributed by atoms with E-state index in [1.54, 1.807) is 28.4 Å². The van der Waals surface area contributed by atoms with E-state index < -0.39 is 0 Å². The standard InChI is InChI=1S/C21H18FNO3S/c22-16-4-1-3-15(11-16)12-21(24)23(14-18-5-2-10-27-18)17-6-7-19-20(13-17)26-9-8-25-19/h1-7,10-11,13H,8-9,12,14H2. The molecule has 0 atom stereocenters. The number of carbonyl (C=O) groups is 1. The number of nitrogens with zero attached hydrogens (tertiary/aromatic N) is 1. The summed E-state index contributed by atoms with van der Waals surface area (Å²) in [6.07, 6.45) is 0.123. The van der Waals surface area contributed by atoms with Crippen molar-refractivity contribution in [2.75, 3.05) is 18.1 Å². The Morgan fingerprint density at radius 2 is 1.89 bits per heavy atom. The fraction of sp³-hybridized carbons (Fsp3) is 0.190. The first-order valence-electron chi connectivity index (χ1n) is 8.66. The monoisotopic (exact) mass is 383 g/mol. The molecule has 27 heavy (non-hydrogen) atoms. The number of thiophene rings is 1. The van der Waals surface area contributed by atoms with Gasteiger partial charge in [0.15, 0.2) is 11.5 Å². The van der Waals surface area contributed by atoms with Crippen molar-refractivity contribution in [3.05, 3.63) is 76.2 Å². The highest BCUT2D eigenvalue weighted by Crippen LogP contribution is 2.35. The highest BCUT2D eigenvalue weighted by atomic mass is 32.1. The summed E-state index contributed by atoms with van der Waals surface area (Å²) in [6.45, 7) is 1.45. The third kappa shape index (κ3) is 4.11. The second kappa shape index (κ2) is 7.80. The second-order valence-corrected chi connectivity index (χ2v) is 7.23. The molecule has 0 bridgehead atoms. The topological polar surface area (TPSA) is 38.8 Å². The Morgan fingerprint density at radius 1 is 1.04 bits per heavy atom. The van der Waals surface area contributed by atoms with Gasteiger partial charge in [0, 0.05) is 16.6 Å². The Bertz CT molecular complexity index is 942. The summed E-state index contributed by atoms with van der Waals surface area (Å²) in [5, 5.41) is 1.98. The Kier molecular flexibility index (Phi) is 5.07. The van der Waals surface area contributed by atoms with Crippen molar-refractivity contribution >= 4 is 22.9 Å². The Balaban J connectivity index is 1.63. The van der Waals surface area contributed by atoms with Crippen molar-refractivity contribution in [2.45, 2.75) is 13.0 Å². The number of fused-ring (bicyclic) bond motifs is 1. The zero-order valence-corrected chi connectivity index (χ0v) is 15.4. The maximum absolute atomic E-state index is 13.5. The van der Waals surface area contributed by atoms with Gasteiger partial charge in [0.1, 0.15) is 19.0 Å². The molecule has 1 aromatic heterocycles. The van der Waals surface area contributed by atoms with Gasteiger partial charge in [-0.15, -0.1) is 11.3 Å². The van der Waals surface area contributed by atoms with Crippen molar-refractivity contribution in [1.29, 1.82) is 0 Å². The Hall–Kier alpha value is -2.86. The molecule has 0 fully saturated rings. The van der Waals surface area contributed by atoms with Crippen LogP contribution in [0.2, 0.25) is 0 Å². The number of hydrogen-bond acceptors (Lipinski definition) is 4. The summed E-state index contributed by atoms with van der Waals surface area (Å²) in [5.74, 6) is 0.863. The molecule has 0 radical (unpaired) electrons. The van der Waals surface area contributed by atoms with Gasteiger partial charge in [-0.3, -0.25) is 4.79 Å². The molecule has 0 N–H and O–H groups in total. The second-order valence-electron chi connectivity index (χ2n) is 6.19. The summed E-state index contributed by atoms with van der Waals surface area (Å²) in [6, 6.07) is 15.6. The molecule has 138 valence electrons. The molecule has 0 aliphatic carbocycles. The minimum absolute atomic E-state index is 0.106. The molecule has 4 nitrogen and oxygen atoms in total. The lowest BCUT2D eigenvalue weighted by Crippen LogP contribution is -2.31. The van der Waals surface area contributed by atoms with Crippen LogP contribution in [0.3, 0.4) is 0 Å². The normalized spacial score (nSPS) is 12.6. The van der Waals surface area contributed by atoms with Gasteiger partial charge in [-0.05, 0) is 41.3 Å². The molecule has 0 spiro atoms. The fourth-order valence-electron chi connectivity index (χ4n) is 3.00. The van der Waals surface area contributed by atoms with Crippen LogP contribution in [0.1, 0.15) is 10.4 Å². The van der Waals surface area contributed by atoms with Crippen LogP contribution in [-0.4, -0.2) is 19.1 Å². The van der Waals surface area contributed by atoms with Crippen LogP contribution >= 0.6 is 11.3 Å². The average molecular weight is 383 g/mol. The molecular formula is C21H18FNO3S. The first-order chi connectivity index (χ1) is 13.2. The van der Waals surface area contributed by atoms with Crippen molar-refractivity contribution in [3.8, 4) is 11.5 Å². The van der Waals surface area contributed by atoms with Crippen molar-refractivity contribution < 1.29 is 18.7 Å². The zero-order valence-electron chi connectivity index (χ0n) is 14.6. The van der Waals surface area contributed by atoms with Crippen molar-refractivity contribution in [2.24, 2.45) is 0 Å². The highest BCUT2D eigenvalue weighted by Gasteiger charge is 2.20. The molecule has 2 aromatic carbocycles. The van der Waals surface area contributed by atoms with E-state index in [0.29, 0.717) is 36.8 Å². The van der Waals surface area contributed by atoms with Crippen LogP contribution in [0.4, 0.5) is 10.1 Å². The number of benzene rings is 2. The van der Waals surface area contributed by atoms with Crippen molar-refractivity contribution in [3.63, 3.8) is 0 Å². The van der Waals surface area contributed by atoms with Gasteiger partial charge >= 0.3 is 0 Å². The number of anilines is 1. The van der Waals surface area contributed by atoms with Gasteiger partial charge in [-0.2, -0.15) is 0 Å². The maximum Gasteiger partial charge on any atom is 0.231 e. The third-order valence-electron chi connectivity index (χ3n) is 4.28. The molecule has 4 rings (SSSR count). The molecule has 0 unspecified atom stereocenters. The smallest absolute Gasteiger partial charge is 0.231 e. The predicted octanol–water partition coefficient (Wildman–Crippen LogP) is 4.43. The van der Waals surface area contributed by atoms with Crippen molar-refractivity contribution in [1.82, 2.24) is 0 Å². The Morgan fingerprint density at radius 3 is 2.67 bits per heavy atom. The lowest BCUT2D eigenvalue weighted by atomic mass is 10.1. The number of hydrogen-bond donors (Lipinski definition) is 0. The SMILES string of the molecule is O=C(Cc1cccc(F)c1)N(Cc1cccs1)c1ccc2c(c1)OCCO2. The van der Waals surface area contributed by atoms with E-state index in [-0.39, 0.29) is 18.1 Å². The first-order valence-corrected chi connectivity index (χ1v) is 9.54. The quantitative estimate of drug-likeness (QED) is 0.654. The average Bonchev–Trinajstić information content (AvgIpc) is 3.19. The molecule has 0 saturated heterocycles. The van der Waals surface area contributed by atoms with E-state index in [4.69, 9.17) is 9.47 Å². The van der Waals surface area contributed by atoms with Gasteiger partial charge in [0.2, 0.25) is 5.91 Å². The van der Waals surface area contributed by atoms with Crippen LogP contribution in [0.5, 0.6) is 11.5 Å². The molecule has 1 aliphatic heterocycles. The lowest BCUT2D eigenvalue weighted by molar-refractivity contribution is -0.118. The fourth-order valence-corrected chi connectivity index (χ4v) is 3.69. The Labute approximate surface area is 160 Å². The highest BCUT2D eigenvalue weighted by molar-refractivity contribution is 7.09. The summed E-state index contributed by atoms with van der Waals surface area (Å²) in [5.41, 5.74) is 1.38. The number of ether oxygens (including phenoxy) is 2. The molecule has 6 heteroatoms. The largest absolute Gasteiger partial charge is 0.486 e. The van der Waals surface area contributed by atoms with Crippen LogP contribution in [0.15, 0.2) is 60.0 Å². The van der Waals surface area contributed by atoms with Gasteiger partial charge < -0.3 is 14.4 Å². The number of carbonyl (C=O) groups excluding carboxylic acids is 1. The van der Waals surface area contributed by atoms with Gasteiger partial charge in [-0.1, -0.05) is 18.2 Å². The number of amides is 1. The van der Waals surface area contributed by atoms with Crippen LogP contribution in [-0.2, 0) is 17.8 Å². The van der Waals surface area contributed by atoms with E-state index in [0.717, 1.165) is 10.6 Å². The molecule has 1 amide bonds. The third-order valence-corrected chi connectivity index (χ3v) is 5.14. The summed E-state index contributed by atoms with van der Waals surface area (Å²) >= 11 is 1.59. The summed E-state index contributed by atoms with van der Waals surface area (Å²) in [7, 11) is 0. The van der Waals surface area contributed by atoms with Crippen LogP contribution < -0.4 is 14.4 Å². The predicted molar refractivity (Wildman–Crippen MR) is 103 cm³/mol. The molecular weight excluding hydrogens is 365 g/mol. The lowest BCUT2D eigenvalue weighted by Gasteiger charge is -2.25. The zero-order chi connectivity index (χ0) is 18.6. The summed E-state index contributed by atoms with van der Waals surface area (Å²) in [4.78, 5) is 15.8. The van der Waals surface area contributed by atoms with E-state index >= 15 is 0 Å². The van der Waals surface area contributed by atoms with Gasteiger partial charge in [0.05, 0.1) is 13.0 Å². The minimum atomic E-state index is -0.343. The minimum Gasteiger partial charge on any atom is -0.486 e. The maximum atomic E-state index is 13.5. The summed E-state index contributed by atoms with van der Waals surface area (Å²) < 4.78 is 24.7.